The van der Waals surface area contributed by atoms with E-state index in [0.717, 1.165) is 19.2 Å². The van der Waals surface area contributed by atoms with Crippen LogP contribution in [-0.2, 0) is 0 Å². The first-order chi connectivity index (χ1) is 7.70. The second-order valence-electron chi connectivity index (χ2n) is 4.49. The van der Waals surface area contributed by atoms with Crippen molar-refractivity contribution in [2.45, 2.75) is 0 Å². The molecule has 0 bridgehead atoms. The van der Waals surface area contributed by atoms with Crippen molar-refractivity contribution in [3.8, 4) is 6.07 Å². The minimum atomic E-state index is -0.817. The van der Waals surface area contributed by atoms with E-state index in [1.807, 2.05) is 4.90 Å². The summed E-state index contributed by atoms with van der Waals surface area (Å²) in [6, 6.07) is 6.23. The molecule has 1 aliphatic heterocycles. The highest BCUT2D eigenvalue weighted by Crippen LogP contribution is 2.52. The molecule has 1 saturated heterocycles. The van der Waals surface area contributed by atoms with E-state index < -0.39 is 11.6 Å². The molecule has 82 valence electrons. The van der Waals surface area contributed by atoms with Gasteiger partial charge in [-0.15, -0.1) is 0 Å². The molecular formula is C12H10F2N2. The standard InChI is InChI=1S/C12H10F2N2/c13-11-2-1-7(3-12(11)14)16-5-9-8(4-15)10(9)6-16/h1-3,8-10H,5-6H2/t8-,9-,10+. The quantitative estimate of drug-likeness (QED) is 0.725. The number of rotatable bonds is 1. The molecule has 2 fully saturated rings. The van der Waals surface area contributed by atoms with Gasteiger partial charge in [0.25, 0.3) is 0 Å². The molecule has 1 saturated carbocycles. The fourth-order valence-corrected chi connectivity index (χ4v) is 2.61. The van der Waals surface area contributed by atoms with Gasteiger partial charge >= 0.3 is 0 Å². The number of piperidine rings is 1. The average Bonchev–Trinajstić information content (AvgIpc) is 2.74. The summed E-state index contributed by atoms with van der Waals surface area (Å²) in [6.07, 6.45) is 0. The van der Waals surface area contributed by atoms with E-state index in [1.165, 1.54) is 6.07 Å². The highest BCUT2D eigenvalue weighted by atomic mass is 19.2. The highest BCUT2D eigenvalue weighted by Gasteiger charge is 2.56. The zero-order valence-electron chi connectivity index (χ0n) is 8.53. The van der Waals surface area contributed by atoms with Gasteiger partial charge in [0, 0.05) is 24.8 Å². The van der Waals surface area contributed by atoms with Crippen molar-refractivity contribution < 1.29 is 8.78 Å². The maximum Gasteiger partial charge on any atom is 0.160 e. The second kappa shape index (κ2) is 3.18. The SMILES string of the molecule is N#C[C@@H]1[C@H]2CN(c3ccc(F)c(F)c3)C[C@@H]12. The van der Waals surface area contributed by atoms with E-state index in [2.05, 4.69) is 6.07 Å². The topological polar surface area (TPSA) is 27.0 Å². The lowest BCUT2D eigenvalue weighted by Crippen LogP contribution is -2.23. The molecule has 1 aromatic rings. The Morgan fingerprint density at radius 1 is 1.19 bits per heavy atom. The molecule has 16 heavy (non-hydrogen) atoms. The molecule has 0 unspecified atom stereocenters. The van der Waals surface area contributed by atoms with Crippen molar-refractivity contribution in [2.75, 3.05) is 18.0 Å². The zero-order valence-corrected chi connectivity index (χ0v) is 8.53. The highest BCUT2D eigenvalue weighted by molar-refractivity contribution is 5.49. The van der Waals surface area contributed by atoms with Gasteiger partial charge in [0.1, 0.15) is 0 Å². The lowest BCUT2D eigenvalue weighted by Gasteiger charge is -2.20. The number of hydrogen-bond acceptors (Lipinski definition) is 2. The summed E-state index contributed by atoms with van der Waals surface area (Å²) in [6.45, 7) is 1.57. The third-order valence-corrected chi connectivity index (χ3v) is 3.61. The van der Waals surface area contributed by atoms with Crippen LogP contribution in [-0.4, -0.2) is 13.1 Å². The van der Waals surface area contributed by atoms with Crippen LogP contribution >= 0.6 is 0 Å². The minimum Gasteiger partial charge on any atom is -0.371 e. The van der Waals surface area contributed by atoms with E-state index in [4.69, 9.17) is 5.26 Å². The van der Waals surface area contributed by atoms with Gasteiger partial charge in [-0.1, -0.05) is 0 Å². The molecule has 1 heterocycles. The number of fused-ring (bicyclic) bond motifs is 1. The van der Waals surface area contributed by atoms with Crippen LogP contribution in [0.1, 0.15) is 0 Å². The molecule has 3 rings (SSSR count). The molecule has 0 N–H and O–H groups in total. The van der Waals surface area contributed by atoms with Crippen LogP contribution in [0.4, 0.5) is 14.5 Å². The summed E-state index contributed by atoms with van der Waals surface area (Å²) in [5.41, 5.74) is 0.711. The van der Waals surface area contributed by atoms with E-state index in [1.54, 1.807) is 6.07 Å². The molecule has 1 aliphatic carbocycles. The Morgan fingerprint density at radius 3 is 2.44 bits per heavy atom. The maximum absolute atomic E-state index is 13.0. The van der Waals surface area contributed by atoms with E-state index in [-0.39, 0.29) is 5.92 Å². The van der Waals surface area contributed by atoms with Gasteiger partial charge in [-0.2, -0.15) is 5.26 Å². The molecule has 3 atom stereocenters. The van der Waals surface area contributed by atoms with E-state index >= 15 is 0 Å². The third kappa shape index (κ3) is 1.28. The van der Waals surface area contributed by atoms with Crippen LogP contribution in [0, 0.1) is 40.7 Å². The zero-order chi connectivity index (χ0) is 11.3. The molecule has 1 aromatic carbocycles. The van der Waals surface area contributed by atoms with Crippen molar-refractivity contribution in [3.05, 3.63) is 29.8 Å². The number of anilines is 1. The normalized spacial score (nSPS) is 31.1. The van der Waals surface area contributed by atoms with Gasteiger partial charge in [-0.05, 0) is 24.0 Å². The lowest BCUT2D eigenvalue weighted by atomic mass is 10.2. The van der Waals surface area contributed by atoms with Crippen molar-refractivity contribution in [1.29, 1.82) is 5.26 Å². The average molecular weight is 220 g/mol. The molecule has 0 amide bonds. The molecule has 2 nitrogen and oxygen atoms in total. The van der Waals surface area contributed by atoms with Crippen LogP contribution in [0.3, 0.4) is 0 Å². The molecule has 4 heteroatoms. The van der Waals surface area contributed by atoms with Gasteiger partial charge in [0.05, 0.1) is 12.0 Å². The van der Waals surface area contributed by atoms with Crippen LogP contribution in [0.2, 0.25) is 0 Å². The Kier molecular flexibility index (Phi) is 1.90. The summed E-state index contributed by atoms with van der Waals surface area (Å²) >= 11 is 0. The van der Waals surface area contributed by atoms with Gasteiger partial charge in [-0.3, -0.25) is 0 Å². The summed E-state index contributed by atoms with van der Waals surface area (Å²) in [5.74, 6) is -0.587. The summed E-state index contributed by atoms with van der Waals surface area (Å²) < 4.78 is 25.8. The molecule has 0 radical (unpaired) electrons. The molecular weight excluding hydrogens is 210 g/mol. The fraction of sp³-hybridized carbons (Fsp3) is 0.417. The first-order valence-corrected chi connectivity index (χ1v) is 5.30. The third-order valence-electron chi connectivity index (χ3n) is 3.61. The predicted octanol–water partition coefficient (Wildman–Crippen LogP) is 2.17. The van der Waals surface area contributed by atoms with Crippen LogP contribution in [0.5, 0.6) is 0 Å². The lowest BCUT2D eigenvalue weighted by molar-refractivity contribution is 0.508. The van der Waals surface area contributed by atoms with Crippen molar-refractivity contribution in [1.82, 2.24) is 0 Å². The number of hydrogen-bond donors (Lipinski definition) is 0. The molecule has 2 aliphatic rings. The maximum atomic E-state index is 13.0. The summed E-state index contributed by atoms with van der Waals surface area (Å²) in [4.78, 5) is 2.02. The van der Waals surface area contributed by atoms with Gasteiger partial charge < -0.3 is 4.90 Å². The number of halogens is 2. The Morgan fingerprint density at radius 2 is 1.88 bits per heavy atom. The first kappa shape index (κ1) is 9.59. The number of benzene rings is 1. The Labute approximate surface area is 92.1 Å². The van der Waals surface area contributed by atoms with Crippen molar-refractivity contribution in [3.63, 3.8) is 0 Å². The van der Waals surface area contributed by atoms with Crippen molar-refractivity contribution >= 4 is 5.69 Å². The molecule has 0 aromatic heterocycles. The smallest absolute Gasteiger partial charge is 0.160 e. The Bertz CT molecular complexity index is 468. The monoisotopic (exact) mass is 220 g/mol. The van der Waals surface area contributed by atoms with Crippen LogP contribution < -0.4 is 4.90 Å². The Balaban J connectivity index is 1.77. The predicted molar refractivity (Wildman–Crippen MR) is 54.7 cm³/mol. The van der Waals surface area contributed by atoms with Crippen molar-refractivity contribution in [2.24, 2.45) is 17.8 Å². The fourth-order valence-electron chi connectivity index (χ4n) is 2.61. The Hall–Kier alpha value is -1.63. The largest absolute Gasteiger partial charge is 0.371 e. The summed E-state index contributed by atoms with van der Waals surface area (Å²) in [5, 5.41) is 8.77. The van der Waals surface area contributed by atoms with E-state index in [9.17, 15) is 8.78 Å². The van der Waals surface area contributed by atoms with Crippen LogP contribution in [0.25, 0.3) is 0 Å². The molecule has 0 spiro atoms. The number of nitriles is 1. The summed E-state index contributed by atoms with van der Waals surface area (Å²) in [7, 11) is 0. The number of nitrogens with zero attached hydrogens (tertiary/aromatic N) is 2. The van der Waals surface area contributed by atoms with Gasteiger partial charge in [0.15, 0.2) is 11.6 Å². The minimum absolute atomic E-state index is 0.182. The van der Waals surface area contributed by atoms with Gasteiger partial charge in [-0.25, -0.2) is 8.78 Å². The second-order valence-corrected chi connectivity index (χ2v) is 4.49. The van der Waals surface area contributed by atoms with E-state index in [0.29, 0.717) is 17.5 Å². The van der Waals surface area contributed by atoms with Crippen LogP contribution in [0.15, 0.2) is 18.2 Å². The van der Waals surface area contributed by atoms with Gasteiger partial charge in [0.2, 0.25) is 0 Å². The first-order valence-electron chi connectivity index (χ1n) is 5.30.